The molecular formula is C19H17F2N3OS. The molecule has 0 saturated carbocycles. The van der Waals surface area contributed by atoms with Crippen LogP contribution in [0, 0.1) is 11.6 Å². The molecular weight excluding hydrogens is 356 g/mol. The fourth-order valence-corrected chi connectivity index (χ4v) is 3.36. The SMILES string of the molecule is C=CCn1c(SCc2cc(F)cc(F)c2)nnc1-c1ccc(OC)cc1. The zero-order valence-corrected chi connectivity index (χ0v) is 15.0. The number of rotatable bonds is 7. The maximum Gasteiger partial charge on any atom is 0.192 e. The summed E-state index contributed by atoms with van der Waals surface area (Å²) in [7, 11) is 1.61. The molecule has 3 rings (SSSR count). The number of aromatic nitrogens is 3. The third-order valence-electron chi connectivity index (χ3n) is 3.67. The molecule has 0 radical (unpaired) electrons. The van der Waals surface area contributed by atoms with E-state index < -0.39 is 11.6 Å². The standard InChI is InChI=1S/C19H17F2N3OS/c1-3-8-24-18(14-4-6-17(25-2)7-5-14)22-23-19(24)26-12-13-9-15(20)11-16(21)10-13/h3-7,9-11H,1,8,12H2,2H3. The van der Waals surface area contributed by atoms with Crippen molar-refractivity contribution < 1.29 is 13.5 Å². The molecule has 0 aliphatic rings. The topological polar surface area (TPSA) is 39.9 Å². The van der Waals surface area contributed by atoms with Gasteiger partial charge in [0.25, 0.3) is 0 Å². The molecule has 7 heteroatoms. The third-order valence-corrected chi connectivity index (χ3v) is 4.70. The minimum absolute atomic E-state index is 0.382. The van der Waals surface area contributed by atoms with Crippen molar-refractivity contribution in [2.24, 2.45) is 0 Å². The maximum absolute atomic E-state index is 13.3. The van der Waals surface area contributed by atoms with Crippen LogP contribution < -0.4 is 4.74 Å². The van der Waals surface area contributed by atoms with Gasteiger partial charge in [0, 0.05) is 23.9 Å². The van der Waals surface area contributed by atoms with Gasteiger partial charge in [-0.05, 0) is 42.0 Å². The van der Waals surface area contributed by atoms with Crippen molar-refractivity contribution in [3.63, 3.8) is 0 Å². The Morgan fingerprint density at radius 3 is 2.42 bits per heavy atom. The Labute approximate surface area is 154 Å². The molecule has 0 spiro atoms. The first-order chi connectivity index (χ1) is 12.6. The van der Waals surface area contributed by atoms with Crippen molar-refractivity contribution in [3.05, 3.63) is 72.3 Å². The number of nitrogens with zero attached hydrogens (tertiary/aromatic N) is 3. The summed E-state index contributed by atoms with van der Waals surface area (Å²) in [6.07, 6.45) is 1.75. The number of halogens is 2. The van der Waals surface area contributed by atoms with Crippen LogP contribution in [0.4, 0.5) is 8.78 Å². The number of hydrogen-bond acceptors (Lipinski definition) is 4. The summed E-state index contributed by atoms with van der Waals surface area (Å²) >= 11 is 1.36. The van der Waals surface area contributed by atoms with Crippen LogP contribution in [0.25, 0.3) is 11.4 Å². The van der Waals surface area contributed by atoms with Gasteiger partial charge in [0.15, 0.2) is 11.0 Å². The molecule has 0 amide bonds. The molecule has 26 heavy (non-hydrogen) atoms. The van der Waals surface area contributed by atoms with Gasteiger partial charge in [-0.15, -0.1) is 16.8 Å². The Kier molecular flexibility index (Phi) is 5.68. The Bertz CT molecular complexity index is 889. The second-order valence-electron chi connectivity index (χ2n) is 5.50. The maximum atomic E-state index is 13.3. The number of thioether (sulfide) groups is 1. The number of methoxy groups -OCH3 is 1. The predicted molar refractivity (Wildman–Crippen MR) is 98.1 cm³/mol. The smallest absolute Gasteiger partial charge is 0.192 e. The van der Waals surface area contributed by atoms with Gasteiger partial charge in [0.1, 0.15) is 17.4 Å². The van der Waals surface area contributed by atoms with Gasteiger partial charge in [-0.25, -0.2) is 8.78 Å². The molecule has 0 atom stereocenters. The lowest BCUT2D eigenvalue weighted by molar-refractivity contribution is 0.415. The van der Waals surface area contributed by atoms with E-state index in [1.165, 1.54) is 23.9 Å². The van der Waals surface area contributed by atoms with Crippen molar-refractivity contribution in [1.82, 2.24) is 14.8 Å². The number of hydrogen-bond donors (Lipinski definition) is 0. The van der Waals surface area contributed by atoms with Gasteiger partial charge in [0.05, 0.1) is 7.11 Å². The minimum Gasteiger partial charge on any atom is -0.497 e. The lowest BCUT2D eigenvalue weighted by atomic mass is 10.2. The van der Waals surface area contributed by atoms with Crippen molar-refractivity contribution >= 4 is 11.8 Å². The van der Waals surface area contributed by atoms with Crippen LogP contribution in [0.15, 0.2) is 60.3 Å². The Balaban J connectivity index is 1.85. The number of benzene rings is 2. The molecule has 0 saturated heterocycles. The second-order valence-corrected chi connectivity index (χ2v) is 6.44. The molecule has 4 nitrogen and oxygen atoms in total. The zero-order chi connectivity index (χ0) is 18.5. The molecule has 0 bridgehead atoms. The van der Waals surface area contributed by atoms with Crippen LogP contribution in [-0.2, 0) is 12.3 Å². The number of ether oxygens (including phenoxy) is 1. The second kappa shape index (κ2) is 8.14. The van der Waals surface area contributed by atoms with E-state index in [1.807, 2.05) is 28.8 Å². The molecule has 1 aromatic heterocycles. The molecule has 3 aromatic rings. The first-order valence-corrected chi connectivity index (χ1v) is 8.85. The zero-order valence-electron chi connectivity index (χ0n) is 14.2. The molecule has 0 fully saturated rings. The van der Waals surface area contributed by atoms with Gasteiger partial charge in [0.2, 0.25) is 0 Å². The van der Waals surface area contributed by atoms with E-state index in [1.54, 1.807) is 13.2 Å². The molecule has 0 aliphatic heterocycles. The first-order valence-electron chi connectivity index (χ1n) is 7.87. The van der Waals surface area contributed by atoms with Crippen molar-refractivity contribution in [2.75, 3.05) is 7.11 Å². The van der Waals surface area contributed by atoms with Crippen LogP contribution in [0.1, 0.15) is 5.56 Å². The highest BCUT2D eigenvalue weighted by molar-refractivity contribution is 7.98. The minimum atomic E-state index is -0.591. The average molecular weight is 373 g/mol. The first kappa shape index (κ1) is 18.1. The molecule has 0 aliphatic carbocycles. The molecule has 2 aromatic carbocycles. The molecule has 134 valence electrons. The van der Waals surface area contributed by atoms with E-state index >= 15 is 0 Å². The van der Waals surface area contributed by atoms with Crippen molar-refractivity contribution in [1.29, 1.82) is 0 Å². The Hall–Kier alpha value is -2.67. The Morgan fingerprint density at radius 1 is 1.12 bits per heavy atom. The van der Waals surface area contributed by atoms with E-state index in [2.05, 4.69) is 16.8 Å². The monoisotopic (exact) mass is 373 g/mol. The summed E-state index contributed by atoms with van der Waals surface area (Å²) in [5.41, 5.74) is 1.44. The number of allylic oxidation sites excluding steroid dienone is 1. The third kappa shape index (κ3) is 4.11. The van der Waals surface area contributed by atoms with Crippen LogP contribution in [-0.4, -0.2) is 21.9 Å². The Morgan fingerprint density at radius 2 is 1.81 bits per heavy atom. The summed E-state index contributed by atoms with van der Waals surface area (Å²) in [5, 5.41) is 9.14. The van der Waals surface area contributed by atoms with E-state index in [4.69, 9.17) is 4.74 Å². The predicted octanol–water partition coefficient (Wildman–Crippen LogP) is 4.71. The van der Waals surface area contributed by atoms with E-state index in [-0.39, 0.29) is 0 Å². The van der Waals surface area contributed by atoms with E-state index in [0.717, 1.165) is 17.4 Å². The summed E-state index contributed by atoms with van der Waals surface area (Å²) in [4.78, 5) is 0. The largest absolute Gasteiger partial charge is 0.497 e. The van der Waals surface area contributed by atoms with E-state index in [0.29, 0.717) is 28.8 Å². The fourth-order valence-electron chi connectivity index (χ4n) is 2.48. The van der Waals surface area contributed by atoms with Gasteiger partial charge in [-0.2, -0.15) is 0 Å². The van der Waals surface area contributed by atoms with Crippen molar-refractivity contribution in [2.45, 2.75) is 17.5 Å². The van der Waals surface area contributed by atoms with Gasteiger partial charge in [-0.3, -0.25) is 4.57 Å². The lowest BCUT2D eigenvalue weighted by Gasteiger charge is -2.08. The highest BCUT2D eigenvalue weighted by Gasteiger charge is 2.14. The summed E-state index contributed by atoms with van der Waals surface area (Å²) in [6, 6.07) is 11.0. The van der Waals surface area contributed by atoms with Gasteiger partial charge in [-0.1, -0.05) is 17.8 Å². The van der Waals surface area contributed by atoms with Crippen molar-refractivity contribution in [3.8, 4) is 17.1 Å². The molecule has 1 heterocycles. The summed E-state index contributed by atoms with van der Waals surface area (Å²) in [6.45, 7) is 4.30. The van der Waals surface area contributed by atoms with Crippen LogP contribution in [0.2, 0.25) is 0 Å². The highest BCUT2D eigenvalue weighted by atomic mass is 32.2. The normalized spacial score (nSPS) is 10.7. The molecule has 0 N–H and O–H groups in total. The van der Waals surface area contributed by atoms with Crippen LogP contribution >= 0.6 is 11.8 Å². The summed E-state index contributed by atoms with van der Waals surface area (Å²) < 4.78 is 33.8. The van der Waals surface area contributed by atoms with Crippen LogP contribution in [0.5, 0.6) is 5.75 Å². The van der Waals surface area contributed by atoms with E-state index in [9.17, 15) is 8.78 Å². The highest BCUT2D eigenvalue weighted by Crippen LogP contribution is 2.28. The average Bonchev–Trinajstić information content (AvgIpc) is 3.02. The quantitative estimate of drug-likeness (QED) is 0.444. The van der Waals surface area contributed by atoms with Gasteiger partial charge >= 0.3 is 0 Å². The lowest BCUT2D eigenvalue weighted by Crippen LogP contribution is -2.01. The molecule has 0 unspecified atom stereocenters. The van der Waals surface area contributed by atoms with Gasteiger partial charge < -0.3 is 4.74 Å². The van der Waals surface area contributed by atoms with Crippen LogP contribution in [0.3, 0.4) is 0 Å². The fraction of sp³-hybridized carbons (Fsp3) is 0.158. The summed E-state index contributed by atoms with van der Waals surface area (Å²) in [5.74, 6) is 0.651.